The number of amides is 3. The Labute approximate surface area is 247 Å². The maximum absolute atomic E-state index is 13.9. The normalized spacial score (nSPS) is 16.4. The zero-order chi connectivity index (χ0) is 31.5. The number of esters is 2. The highest BCUT2D eigenvalue weighted by Crippen LogP contribution is 2.20. The number of alkyl carbamates (subject to hydrolysis) is 1. The molecule has 2 aromatic rings. The minimum absolute atomic E-state index is 0.0189. The lowest BCUT2D eigenvalue weighted by molar-refractivity contribution is -0.163. The summed E-state index contributed by atoms with van der Waals surface area (Å²) in [7, 11) is 1.07. The molecule has 0 aliphatic carbocycles. The Balaban J connectivity index is 1.73. The molecule has 3 amide bonds. The molecule has 1 aliphatic rings. The van der Waals surface area contributed by atoms with Gasteiger partial charge in [-0.2, -0.15) is 0 Å². The summed E-state index contributed by atoms with van der Waals surface area (Å²) in [5.74, 6) is -4.73. The molecule has 11 nitrogen and oxygen atoms in total. The summed E-state index contributed by atoms with van der Waals surface area (Å²) in [6, 6.07) is 8.04. The van der Waals surface area contributed by atoms with Crippen LogP contribution in [0, 0.1) is 11.6 Å². The summed E-state index contributed by atoms with van der Waals surface area (Å²) >= 11 is 0. The number of hydrogen-bond donors (Lipinski definition) is 2. The zero-order valence-electron chi connectivity index (χ0n) is 24.1. The smallest absolute Gasteiger partial charge is 0.407 e. The number of nitrogens with zero attached hydrogens (tertiary/aromatic N) is 1. The van der Waals surface area contributed by atoms with Crippen molar-refractivity contribution in [3.63, 3.8) is 0 Å². The van der Waals surface area contributed by atoms with Gasteiger partial charge in [0.25, 0.3) is 0 Å². The second-order valence-electron chi connectivity index (χ2n) is 10.1. The van der Waals surface area contributed by atoms with Crippen LogP contribution in [-0.4, -0.2) is 79.2 Å². The molecule has 2 N–H and O–H groups in total. The molecule has 2 aromatic carbocycles. The predicted molar refractivity (Wildman–Crippen MR) is 148 cm³/mol. The topological polar surface area (TPSA) is 140 Å². The lowest BCUT2D eigenvalue weighted by Gasteiger charge is -2.28. The number of rotatable bonds is 12. The molecular formula is C30H35F2N3O8. The van der Waals surface area contributed by atoms with Gasteiger partial charge in [0.05, 0.1) is 13.7 Å². The summed E-state index contributed by atoms with van der Waals surface area (Å²) in [6.07, 6.45) is -1.22. The minimum Gasteiger partial charge on any atom is -0.467 e. The first-order valence-corrected chi connectivity index (χ1v) is 13.8. The predicted octanol–water partition coefficient (Wildman–Crippen LogP) is 2.45. The molecule has 1 unspecified atom stereocenters. The van der Waals surface area contributed by atoms with Gasteiger partial charge in [0.15, 0.2) is 6.04 Å². The van der Waals surface area contributed by atoms with E-state index in [0.717, 1.165) is 24.8 Å². The molecule has 4 atom stereocenters. The molecule has 0 radical (unpaired) electrons. The van der Waals surface area contributed by atoms with E-state index in [4.69, 9.17) is 14.2 Å². The third kappa shape index (κ3) is 9.76. The van der Waals surface area contributed by atoms with Gasteiger partial charge >= 0.3 is 18.0 Å². The fraction of sp³-hybridized carbons (Fsp3) is 0.433. The van der Waals surface area contributed by atoms with Gasteiger partial charge in [-0.05, 0) is 43.0 Å². The Hall–Kier alpha value is -4.55. The molecule has 0 bridgehead atoms. The Morgan fingerprint density at radius 2 is 1.67 bits per heavy atom. The zero-order valence-corrected chi connectivity index (χ0v) is 24.1. The lowest BCUT2D eigenvalue weighted by atomic mass is 10.0. The molecule has 0 saturated carbocycles. The van der Waals surface area contributed by atoms with Crippen LogP contribution in [0.4, 0.5) is 13.6 Å². The number of nitrogens with one attached hydrogen (secondary N) is 2. The van der Waals surface area contributed by atoms with Crippen LogP contribution >= 0.6 is 0 Å². The van der Waals surface area contributed by atoms with E-state index >= 15 is 0 Å². The standard InChI is InChI=1S/C30H35F2N3O8/c1-18(43-28(38)25-10-7-12-35(25)19(2)36)26(29(39)41-3)34-27(37)24(16-21-14-22(31)17-23(32)15-21)33-30(40)42-13-11-20-8-5-4-6-9-20/h4-6,8-9,14-15,17-18,24-26H,7,10-13,16H2,1-3H3,(H,33,40)(H,34,37)/t18-,24+,25?,26+/m1/s1. The van der Waals surface area contributed by atoms with Gasteiger partial charge < -0.3 is 29.7 Å². The number of carbonyl (C=O) groups is 5. The molecule has 1 saturated heterocycles. The van der Waals surface area contributed by atoms with Crippen LogP contribution in [0.2, 0.25) is 0 Å². The molecule has 1 fully saturated rings. The van der Waals surface area contributed by atoms with E-state index in [1.165, 1.54) is 18.7 Å². The van der Waals surface area contributed by atoms with Gasteiger partial charge in [-0.15, -0.1) is 0 Å². The Kier molecular flexibility index (Phi) is 12.0. The molecule has 1 heterocycles. The first kappa shape index (κ1) is 33.0. The lowest BCUT2D eigenvalue weighted by Crippen LogP contribution is -2.56. The average Bonchev–Trinajstić information content (AvgIpc) is 3.46. The minimum atomic E-state index is -1.52. The van der Waals surface area contributed by atoms with Crippen LogP contribution in [0.5, 0.6) is 0 Å². The van der Waals surface area contributed by atoms with Gasteiger partial charge in [0, 0.05) is 32.4 Å². The molecule has 3 rings (SSSR count). The van der Waals surface area contributed by atoms with Crippen molar-refractivity contribution in [1.29, 1.82) is 0 Å². The second-order valence-corrected chi connectivity index (χ2v) is 10.1. The van der Waals surface area contributed by atoms with Crippen molar-refractivity contribution in [1.82, 2.24) is 15.5 Å². The van der Waals surface area contributed by atoms with Gasteiger partial charge in [0.1, 0.15) is 29.8 Å². The van der Waals surface area contributed by atoms with Crippen molar-refractivity contribution < 1.29 is 47.0 Å². The van der Waals surface area contributed by atoms with E-state index in [-0.39, 0.29) is 24.5 Å². The summed E-state index contributed by atoms with van der Waals surface area (Å²) in [5.41, 5.74) is 0.954. The number of carbonyl (C=O) groups excluding carboxylic acids is 5. The summed E-state index contributed by atoms with van der Waals surface area (Å²) in [6.45, 7) is 3.05. The number of benzene rings is 2. The second kappa shape index (κ2) is 15.6. The van der Waals surface area contributed by atoms with Gasteiger partial charge in [0.2, 0.25) is 11.8 Å². The molecule has 0 aromatic heterocycles. The fourth-order valence-corrected chi connectivity index (χ4v) is 4.73. The van der Waals surface area contributed by atoms with E-state index in [1.54, 1.807) is 0 Å². The molecule has 1 aliphatic heterocycles. The monoisotopic (exact) mass is 603 g/mol. The quantitative estimate of drug-likeness (QED) is 0.279. The molecule has 0 spiro atoms. The highest BCUT2D eigenvalue weighted by Gasteiger charge is 2.38. The van der Waals surface area contributed by atoms with Crippen molar-refractivity contribution in [2.75, 3.05) is 20.3 Å². The molecular weight excluding hydrogens is 568 g/mol. The van der Waals surface area contributed by atoms with Gasteiger partial charge in [-0.1, -0.05) is 30.3 Å². The maximum Gasteiger partial charge on any atom is 0.407 e. The molecule has 232 valence electrons. The summed E-state index contributed by atoms with van der Waals surface area (Å²) in [5, 5.41) is 4.78. The van der Waals surface area contributed by atoms with E-state index in [2.05, 4.69) is 10.6 Å². The van der Waals surface area contributed by atoms with E-state index < -0.39 is 59.8 Å². The number of methoxy groups -OCH3 is 1. The SMILES string of the molecule is COC(=O)[C@@H](NC(=O)[C@H](Cc1cc(F)cc(F)c1)NC(=O)OCCc1ccccc1)[C@@H](C)OC(=O)C1CCCN1C(C)=O. The van der Waals surface area contributed by atoms with Crippen molar-refractivity contribution >= 4 is 29.8 Å². The van der Waals surface area contributed by atoms with Crippen LogP contribution in [-0.2, 0) is 46.2 Å². The van der Waals surface area contributed by atoms with E-state index in [9.17, 15) is 32.8 Å². The van der Waals surface area contributed by atoms with Crippen LogP contribution in [0.1, 0.15) is 37.8 Å². The Morgan fingerprint density at radius 1 is 1.00 bits per heavy atom. The first-order valence-electron chi connectivity index (χ1n) is 13.8. The van der Waals surface area contributed by atoms with Crippen molar-refractivity contribution in [2.24, 2.45) is 0 Å². The van der Waals surface area contributed by atoms with Crippen molar-refractivity contribution in [3.05, 3.63) is 71.3 Å². The Bertz CT molecular complexity index is 1290. The highest BCUT2D eigenvalue weighted by molar-refractivity contribution is 5.90. The average molecular weight is 604 g/mol. The largest absolute Gasteiger partial charge is 0.467 e. The van der Waals surface area contributed by atoms with Crippen molar-refractivity contribution in [2.45, 2.75) is 63.8 Å². The highest BCUT2D eigenvalue weighted by atomic mass is 19.1. The van der Waals surface area contributed by atoms with Gasteiger partial charge in [-0.25, -0.2) is 23.2 Å². The number of likely N-dealkylation sites (tertiary alicyclic amines) is 1. The summed E-state index contributed by atoms with van der Waals surface area (Å²) < 4.78 is 43.2. The van der Waals surface area contributed by atoms with Crippen molar-refractivity contribution in [3.8, 4) is 0 Å². The van der Waals surface area contributed by atoms with E-state index in [0.29, 0.717) is 31.9 Å². The number of ether oxygens (including phenoxy) is 3. The number of halogens is 2. The summed E-state index contributed by atoms with van der Waals surface area (Å²) in [4.78, 5) is 64.7. The first-order chi connectivity index (χ1) is 20.5. The van der Waals surface area contributed by atoms with Gasteiger partial charge in [-0.3, -0.25) is 9.59 Å². The van der Waals surface area contributed by atoms with Crippen LogP contribution in [0.25, 0.3) is 0 Å². The molecule has 13 heteroatoms. The Morgan fingerprint density at radius 3 is 2.30 bits per heavy atom. The third-order valence-corrected chi connectivity index (χ3v) is 6.89. The molecule has 43 heavy (non-hydrogen) atoms. The van der Waals surface area contributed by atoms with E-state index in [1.807, 2.05) is 30.3 Å². The fourth-order valence-electron chi connectivity index (χ4n) is 4.73. The van der Waals surface area contributed by atoms with Crippen LogP contribution < -0.4 is 10.6 Å². The third-order valence-electron chi connectivity index (χ3n) is 6.89. The maximum atomic E-state index is 13.9. The van der Waals surface area contributed by atoms with Crippen LogP contribution in [0.15, 0.2) is 48.5 Å². The number of hydrogen-bond acceptors (Lipinski definition) is 8. The van der Waals surface area contributed by atoms with Crippen LogP contribution in [0.3, 0.4) is 0 Å².